The zero-order chi connectivity index (χ0) is 19.7. The van der Waals surface area contributed by atoms with Gasteiger partial charge >= 0.3 is 0 Å². The molecule has 0 spiro atoms. The summed E-state index contributed by atoms with van der Waals surface area (Å²) in [4.78, 5) is 19.3. The number of piperazine rings is 1. The maximum atomic E-state index is 12.3. The topological polar surface area (TPSA) is 44.6 Å². The Labute approximate surface area is 171 Å². The minimum atomic E-state index is -0.230. The first-order chi connectivity index (χ1) is 13.5. The van der Waals surface area contributed by atoms with Crippen LogP contribution >= 0.6 is 11.8 Å². The molecule has 2 saturated heterocycles. The van der Waals surface area contributed by atoms with E-state index in [-0.39, 0.29) is 4.75 Å². The van der Waals surface area contributed by atoms with Gasteiger partial charge in [0.1, 0.15) is 0 Å². The lowest BCUT2D eigenvalue weighted by Gasteiger charge is -2.35. The zero-order valence-corrected chi connectivity index (χ0v) is 18.0. The summed E-state index contributed by atoms with van der Waals surface area (Å²) in [6, 6.07) is 8.46. The predicted octanol–water partition coefficient (Wildman–Crippen LogP) is 2.79. The Morgan fingerprint density at radius 3 is 2.50 bits per heavy atom. The van der Waals surface area contributed by atoms with Crippen molar-refractivity contribution in [1.82, 2.24) is 19.6 Å². The first-order valence-corrected chi connectivity index (χ1v) is 11.3. The molecule has 0 saturated carbocycles. The zero-order valence-electron chi connectivity index (χ0n) is 17.2. The molecule has 2 aliphatic heterocycles. The number of anilines is 1. The molecule has 1 aromatic carbocycles. The van der Waals surface area contributed by atoms with Gasteiger partial charge in [0.05, 0.1) is 16.1 Å². The molecule has 4 rings (SSSR count). The number of nitrogens with zero attached hydrogens (tertiary/aromatic N) is 5. The van der Waals surface area contributed by atoms with Gasteiger partial charge in [0.2, 0.25) is 5.91 Å². The summed E-state index contributed by atoms with van der Waals surface area (Å²) in [6.45, 7) is 10.3. The molecule has 6 nitrogen and oxygen atoms in total. The molecule has 0 aliphatic carbocycles. The number of aromatic nitrogens is 2. The van der Waals surface area contributed by atoms with E-state index < -0.39 is 0 Å². The van der Waals surface area contributed by atoms with E-state index in [2.05, 4.69) is 34.1 Å². The van der Waals surface area contributed by atoms with E-state index in [0.717, 1.165) is 63.8 Å². The fraction of sp³-hybridized carbons (Fsp3) is 0.619. The van der Waals surface area contributed by atoms with Gasteiger partial charge in [0, 0.05) is 45.2 Å². The summed E-state index contributed by atoms with van der Waals surface area (Å²) in [5.41, 5.74) is 1.19. The van der Waals surface area contributed by atoms with Crippen LogP contribution in [0.4, 0.5) is 5.82 Å². The highest BCUT2D eigenvalue weighted by Crippen LogP contribution is 2.34. The summed E-state index contributed by atoms with van der Waals surface area (Å²) in [6.07, 6.45) is 2.24. The van der Waals surface area contributed by atoms with Crippen LogP contribution < -0.4 is 4.90 Å². The van der Waals surface area contributed by atoms with Crippen LogP contribution in [0, 0.1) is 0 Å². The average Bonchev–Trinajstić information content (AvgIpc) is 3.17. The van der Waals surface area contributed by atoms with Crippen LogP contribution in [0.3, 0.4) is 0 Å². The van der Waals surface area contributed by atoms with Crippen molar-refractivity contribution in [2.45, 2.75) is 31.4 Å². The number of carbonyl (C=O) groups is 1. The normalized spacial score (nSPS) is 20.5. The van der Waals surface area contributed by atoms with Gasteiger partial charge in [-0.2, -0.15) is 5.10 Å². The second kappa shape index (κ2) is 7.95. The fourth-order valence-corrected chi connectivity index (χ4v) is 5.13. The smallest absolute Gasteiger partial charge is 0.238 e. The van der Waals surface area contributed by atoms with E-state index in [4.69, 9.17) is 5.10 Å². The van der Waals surface area contributed by atoms with Crippen LogP contribution in [0.2, 0.25) is 0 Å². The summed E-state index contributed by atoms with van der Waals surface area (Å²) in [5, 5.41) is 6.01. The third kappa shape index (κ3) is 3.87. The first kappa shape index (κ1) is 19.6. The van der Waals surface area contributed by atoms with Gasteiger partial charge in [-0.1, -0.05) is 12.1 Å². The molecule has 0 bridgehead atoms. The molecule has 0 atom stereocenters. The number of fused-ring (bicyclic) bond motifs is 1. The summed E-state index contributed by atoms with van der Waals surface area (Å²) in [7, 11) is 2.02. The fourth-order valence-electron chi connectivity index (χ4n) is 4.16. The molecule has 0 unspecified atom stereocenters. The predicted molar refractivity (Wildman–Crippen MR) is 117 cm³/mol. The summed E-state index contributed by atoms with van der Waals surface area (Å²) < 4.78 is 1.75. The lowest BCUT2D eigenvalue weighted by Crippen LogP contribution is -2.47. The molecule has 152 valence electrons. The Morgan fingerprint density at radius 2 is 1.79 bits per heavy atom. The lowest BCUT2D eigenvalue weighted by atomic mass is 10.1. The van der Waals surface area contributed by atoms with Gasteiger partial charge in [-0.3, -0.25) is 14.4 Å². The molecule has 2 aromatic rings. The number of benzene rings is 1. The standard InChI is InChI=1S/C21H31N5OS/c1-21(2)20(27)26(16-28-21)11-7-6-10-24-12-14-25(15-13-24)19-17-8-4-5-9-18(17)23(3)22-19/h4-5,8-9H,6-7,10-16H2,1-3H3. The van der Waals surface area contributed by atoms with Crippen molar-refractivity contribution >= 4 is 34.4 Å². The largest absolute Gasteiger partial charge is 0.352 e. The quantitative estimate of drug-likeness (QED) is 0.697. The number of aryl methyl sites for hydroxylation is 1. The molecule has 28 heavy (non-hydrogen) atoms. The molecule has 7 heteroatoms. The third-order valence-corrected chi connectivity index (χ3v) is 7.28. The van der Waals surface area contributed by atoms with E-state index in [1.165, 1.54) is 10.9 Å². The van der Waals surface area contributed by atoms with Gasteiger partial charge in [-0.25, -0.2) is 0 Å². The number of hydrogen-bond acceptors (Lipinski definition) is 5. The Balaban J connectivity index is 1.22. The summed E-state index contributed by atoms with van der Waals surface area (Å²) in [5.74, 6) is 2.27. The Bertz CT molecular complexity index is 840. The van der Waals surface area contributed by atoms with Gasteiger partial charge < -0.3 is 9.80 Å². The molecule has 1 aromatic heterocycles. The van der Waals surface area contributed by atoms with Crippen LogP contribution in [0.15, 0.2) is 24.3 Å². The number of carbonyl (C=O) groups excluding carboxylic acids is 1. The molecule has 0 radical (unpaired) electrons. The van der Waals surface area contributed by atoms with Gasteiger partial charge in [-0.05, 0) is 45.4 Å². The van der Waals surface area contributed by atoms with Crippen molar-refractivity contribution in [2.75, 3.05) is 50.0 Å². The van der Waals surface area contributed by atoms with Crippen LogP contribution in [0.25, 0.3) is 10.9 Å². The van der Waals surface area contributed by atoms with Crippen LogP contribution in [0.1, 0.15) is 26.7 Å². The van der Waals surface area contributed by atoms with Crippen LogP contribution in [0.5, 0.6) is 0 Å². The van der Waals surface area contributed by atoms with Crippen molar-refractivity contribution in [3.63, 3.8) is 0 Å². The number of thioether (sulfide) groups is 1. The Morgan fingerprint density at radius 1 is 1.07 bits per heavy atom. The third-order valence-electron chi connectivity index (χ3n) is 5.95. The number of hydrogen-bond donors (Lipinski definition) is 0. The van der Waals surface area contributed by atoms with E-state index in [1.807, 2.05) is 30.5 Å². The first-order valence-electron chi connectivity index (χ1n) is 10.3. The van der Waals surface area contributed by atoms with Gasteiger partial charge in [-0.15, -0.1) is 11.8 Å². The maximum Gasteiger partial charge on any atom is 0.238 e. The van der Waals surface area contributed by atoms with E-state index in [0.29, 0.717) is 5.91 Å². The van der Waals surface area contributed by atoms with Crippen LogP contribution in [-0.4, -0.2) is 75.4 Å². The number of amides is 1. The Kier molecular flexibility index (Phi) is 5.56. The minimum Gasteiger partial charge on any atom is -0.352 e. The minimum absolute atomic E-state index is 0.230. The van der Waals surface area contributed by atoms with Crippen molar-refractivity contribution in [3.05, 3.63) is 24.3 Å². The van der Waals surface area contributed by atoms with Gasteiger partial charge in [0.15, 0.2) is 5.82 Å². The molecular weight excluding hydrogens is 370 g/mol. The van der Waals surface area contributed by atoms with E-state index in [1.54, 1.807) is 11.8 Å². The van der Waals surface area contributed by atoms with E-state index in [9.17, 15) is 4.79 Å². The SMILES string of the molecule is Cn1nc(N2CCN(CCCCN3CSC(C)(C)C3=O)CC2)c2ccccc21. The van der Waals surface area contributed by atoms with Crippen LogP contribution in [-0.2, 0) is 11.8 Å². The molecular formula is C21H31N5OS. The summed E-state index contributed by atoms with van der Waals surface area (Å²) >= 11 is 1.76. The molecule has 1 amide bonds. The van der Waals surface area contributed by atoms with Crippen molar-refractivity contribution < 1.29 is 4.79 Å². The molecule has 3 heterocycles. The maximum absolute atomic E-state index is 12.3. The number of unbranched alkanes of at least 4 members (excludes halogenated alkanes) is 1. The molecule has 2 fully saturated rings. The highest BCUT2D eigenvalue weighted by atomic mass is 32.2. The molecule has 2 aliphatic rings. The van der Waals surface area contributed by atoms with E-state index >= 15 is 0 Å². The number of rotatable bonds is 6. The number of para-hydroxylation sites is 1. The Hall–Kier alpha value is -1.73. The lowest BCUT2D eigenvalue weighted by molar-refractivity contribution is -0.130. The second-order valence-corrected chi connectivity index (χ2v) is 9.92. The average molecular weight is 402 g/mol. The second-order valence-electron chi connectivity index (χ2n) is 8.35. The monoisotopic (exact) mass is 401 g/mol. The van der Waals surface area contributed by atoms with Crippen molar-refractivity contribution in [1.29, 1.82) is 0 Å². The highest BCUT2D eigenvalue weighted by Gasteiger charge is 2.38. The van der Waals surface area contributed by atoms with Crippen molar-refractivity contribution in [3.8, 4) is 0 Å². The van der Waals surface area contributed by atoms with Gasteiger partial charge in [0.25, 0.3) is 0 Å². The van der Waals surface area contributed by atoms with Crippen molar-refractivity contribution in [2.24, 2.45) is 7.05 Å². The highest BCUT2D eigenvalue weighted by molar-refractivity contribution is 8.01. The molecule has 0 N–H and O–H groups in total.